The molecule has 0 fully saturated rings. The van der Waals surface area contributed by atoms with Gasteiger partial charge in [0.2, 0.25) is 0 Å². The minimum Gasteiger partial charge on any atom is -0.507 e. The zero-order valence-electron chi connectivity index (χ0n) is 19.8. The Balaban J connectivity index is 1.81. The highest BCUT2D eigenvalue weighted by atomic mass is 35.5. The van der Waals surface area contributed by atoms with Gasteiger partial charge in [-0.3, -0.25) is 0 Å². The summed E-state index contributed by atoms with van der Waals surface area (Å²) in [5, 5.41) is 12.9. The van der Waals surface area contributed by atoms with Crippen LogP contribution in [0.1, 0.15) is 46.2 Å². The number of halogens is 2. The van der Waals surface area contributed by atoms with Crippen LogP contribution in [0.3, 0.4) is 0 Å². The summed E-state index contributed by atoms with van der Waals surface area (Å²) in [5.74, 6) is 0.00847. The molecule has 3 aromatic carbocycles. The number of rotatable bonds is 3. The predicted octanol–water partition coefficient (Wildman–Crippen LogP) is 7.73. The first kappa shape index (κ1) is 23.5. The highest BCUT2D eigenvalue weighted by Crippen LogP contribution is 2.45. The summed E-state index contributed by atoms with van der Waals surface area (Å²) < 4.78 is 11.8. The van der Waals surface area contributed by atoms with E-state index in [-0.39, 0.29) is 17.9 Å². The van der Waals surface area contributed by atoms with Gasteiger partial charge in [0.15, 0.2) is 0 Å². The Bertz CT molecular complexity index is 1580. The number of aryl methyl sites for hydroxylation is 3. The molecule has 4 aromatic rings. The predicted molar refractivity (Wildman–Crippen MR) is 141 cm³/mol. The molecule has 2 heterocycles. The Kier molecular flexibility index (Phi) is 5.90. The Morgan fingerprint density at radius 3 is 2.29 bits per heavy atom. The maximum absolute atomic E-state index is 13.4. The van der Waals surface area contributed by atoms with Gasteiger partial charge in [-0.05, 0) is 79.8 Å². The van der Waals surface area contributed by atoms with Crippen LogP contribution in [0.25, 0.3) is 16.5 Å². The Hall–Kier alpha value is -3.21. The molecule has 1 unspecified atom stereocenters. The van der Waals surface area contributed by atoms with Crippen molar-refractivity contribution in [3.63, 3.8) is 0 Å². The molecule has 1 aliphatic rings. The second-order valence-electron chi connectivity index (χ2n) is 9.13. The van der Waals surface area contributed by atoms with Crippen molar-refractivity contribution in [3.8, 4) is 11.5 Å². The van der Waals surface area contributed by atoms with E-state index in [1.807, 2.05) is 64.1 Å². The van der Waals surface area contributed by atoms with Gasteiger partial charge in [0.1, 0.15) is 23.7 Å². The molecule has 0 saturated carbocycles. The van der Waals surface area contributed by atoms with E-state index in [0.29, 0.717) is 21.0 Å². The zero-order valence-corrected chi connectivity index (χ0v) is 21.3. The first-order valence-electron chi connectivity index (χ1n) is 11.3. The Morgan fingerprint density at radius 1 is 0.914 bits per heavy atom. The lowest BCUT2D eigenvalue weighted by Crippen LogP contribution is -2.22. The highest BCUT2D eigenvalue weighted by molar-refractivity contribution is 6.32. The second-order valence-corrected chi connectivity index (χ2v) is 9.94. The van der Waals surface area contributed by atoms with Crippen molar-refractivity contribution in [2.75, 3.05) is 6.61 Å². The van der Waals surface area contributed by atoms with Crippen molar-refractivity contribution >= 4 is 39.7 Å². The van der Waals surface area contributed by atoms with Crippen molar-refractivity contribution in [1.82, 2.24) is 0 Å². The first-order chi connectivity index (χ1) is 16.7. The Morgan fingerprint density at radius 2 is 1.57 bits per heavy atom. The maximum Gasteiger partial charge on any atom is 0.344 e. The minimum absolute atomic E-state index is 0.142. The van der Waals surface area contributed by atoms with Gasteiger partial charge < -0.3 is 14.3 Å². The van der Waals surface area contributed by atoms with Crippen LogP contribution >= 0.6 is 23.2 Å². The molecule has 0 bridgehead atoms. The van der Waals surface area contributed by atoms with Gasteiger partial charge >= 0.3 is 5.63 Å². The first-order valence-corrected chi connectivity index (χ1v) is 12.1. The fraction of sp³-hybridized carbons (Fsp3) is 0.207. The van der Waals surface area contributed by atoms with E-state index >= 15 is 0 Å². The van der Waals surface area contributed by atoms with E-state index in [9.17, 15) is 9.90 Å². The summed E-state index contributed by atoms with van der Waals surface area (Å²) >= 11 is 12.8. The van der Waals surface area contributed by atoms with Crippen molar-refractivity contribution in [3.05, 3.63) is 108 Å². The van der Waals surface area contributed by atoms with Crippen molar-refractivity contribution in [1.29, 1.82) is 0 Å². The molecule has 1 aromatic heterocycles. The van der Waals surface area contributed by atoms with Crippen LogP contribution in [0.15, 0.2) is 63.3 Å². The SMILES string of the molecule is CC1=C(C(c2ccc(C)cc2)c2c(O)c3cc(Cl)c(C)cc3oc2=O)COc2cc(C)c(Cl)cc21. The fourth-order valence-electron chi connectivity index (χ4n) is 4.68. The third-order valence-electron chi connectivity index (χ3n) is 6.77. The lowest BCUT2D eigenvalue weighted by molar-refractivity contribution is 0.338. The van der Waals surface area contributed by atoms with Gasteiger partial charge in [-0.1, -0.05) is 53.0 Å². The zero-order chi connectivity index (χ0) is 25.0. The molecule has 1 N–H and O–H groups in total. The van der Waals surface area contributed by atoms with E-state index < -0.39 is 11.5 Å². The van der Waals surface area contributed by atoms with Gasteiger partial charge in [-0.25, -0.2) is 4.79 Å². The van der Waals surface area contributed by atoms with Gasteiger partial charge in [0, 0.05) is 21.5 Å². The van der Waals surface area contributed by atoms with E-state index in [2.05, 4.69) is 0 Å². The summed E-state index contributed by atoms with van der Waals surface area (Å²) in [4.78, 5) is 13.4. The molecular weight excluding hydrogens is 483 g/mol. The number of fused-ring (bicyclic) bond motifs is 2. The molecule has 0 amide bonds. The number of hydrogen-bond donors (Lipinski definition) is 1. The summed E-state index contributed by atoms with van der Waals surface area (Å²) in [6.45, 7) is 7.99. The van der Waals surface area contributed by atoms with E-state index in [0.717, 1.165) is 44.7 Å². The summed E-state index contributed by atoms with van der Waals surface area (Å²) in [6.07, 6.45) is 0. The van der Waals surface area contributed by atoms with E-state index in [1.54, 1.807) is 12.1 Å². The van der Waals surface area contributed by atoms with Crippen molar-refractivity contribution in [2.45, 2.75) is 33.6 Å². The van der Waals surface area contributed by atoms with Crippen LogP contribution in [-0.2, 0) is 0 Å². The molecular formula is C29H24Cl2O4. The van der Waals surface area contributed by atoms with Crippen LogP contribution in [-0.4, -0.2) is 11.7 Å². The van der Waals surface area contributed by atoms with Crippen molar-refractivity contribution in [2.24, 2.45) is 0 Å². The summed E-state index contributed by atoms with van der Waals surface area (Å²) in [7, 11) is 0. The minimum atomic E-state index is -0.602. The van der Waals surface area contributed by atoms with Crippen LogP contribution in [0.2, 0.25) is 10.0 Å². The Labute approximate surface area is 213 Å². The van der Waals surface area contributed by atoms with Crippen LogP contribution in [0, 0.1) is 20.8 Å². The number of allylic oxidation sites excluding steroid dienone is 1. The molecule has 5 rings (SSSR count). The number of ether oxygens (including phenoxy) is 1. The van der Waals surface area contributed by atoms with Crippen LogP contribution < -0.4 is 10.4 Å². The van der Waals surface area contributed by atoms with Gasteiger partial charge in [0.05, 0.1) is 10.9 Å². The lowest BCUT2D eigenvalue weighted by Gasteiger charge is -2.29. The average molecular weight is 507 g/mol. The smallest absolute Gasteiger partial charge is 0.344 e. The monoisotopic (exact) mass is 506 g/mol. The van der Waals surface area contributed by atoms with Gasteiger partial charge in [-0.15, -0.1) is 0 Å². The molecule has 0 aliphatic carbocycles. The van der Waals surface area contributed by atoms with Crippen LogP contribution in [0.4, 0.5) is 0 Å². The second kappa shape index (κ2) is 8.78. The molecule has 35 heavy (non-hydrogen) atoms. The molecule has 1 aliphatic heterocycles. The molecule has 6 heteroatoms. The third-order valence-corrected chi connectivity index (χ3v) is 7.59. The summed E-state index contributed by atoms with van der Waals surface area (Å²) in [6, 6.07) is 15.0. The quantitative estimate of drug-likeness (QED) is 0.288. The van der Waals surface area contributed by atoms with E-state index in [1.165, 1.54) is 0 Å². The largest absolute Gasteiger partial charge is 0.507 e. The third kappa shape index (κ3) is 4.01. The lowest BCUT2D eigenvalue weighted by atomic mass is 9.80. The number of aromatic hydroxyl groups is 1. The standard InChI is InChI=1S/C29H24Cl2O4/c1-14-5-7-18(8-6-14)26(21-13-34-24-9-15(2)22(30)11-19(24)17(21)4)27-28(32)20-12-23(31)16(3)10-25(20)35-29(27)33/h5-12,26,32H,13H2,1-4H3. The maximum atomic E-state index is 13.4. The van der Waals surface area contributed by atoms with Crippen LogP contribution in [0.5, 0.6) is 11.5 Å². The molecule has 1 atom stereocenters. The number of hydrogen-bond acceptors (Lipinski definition) is 4. The van der Waals surface area contributed by atoms with E-state index in [4.69, 9.17) is 32.4 Å². The van der Waals surface area contributed by atoms with Gasteiger partial charge in [-0.2, -0.15) is 0 Å². The average Bonchev–Trinajstić information content (AvgIpc) is 2.81. The molecule has 0 saturated heterocycles. The normalized spacial score (nSPS) is 14.1. The molecule has 0 spiro atoms. The summed E-state index contributed by atoms with van der Waals surface area (Å²) in [5.41, 5.74) is 6.11. The molecule has 4 nitrogen and oxygen atoms in total. The highest BCUT2D eigenvalue weighted by Gasteiger charge is 2.32. The fourth-order valence-corrected chi connectivity index (χ4v) is 5.01. The number of benzene rings is 3. The molecule has 0 radical (unpaired) electrons. The topological polar surface area (TPSA) is 59.7 Å². The van der Waals surface area contributed by atoms with Gasteiger partial charge in [0.25, 0.3) is 0 Å². The van der Waals surface area contributed by atoms with Crippen molar-refractivity contribution < 1.29 is 14.3 Å². The molecule has 178 valence electrons.